The highest BCUT2D eigenvalue weighted by Gasteiger charge is 2.23. The van der Waals surface area contributed by atoms with Crippen LogP contribution in [-0.4, -0.2) is 60.1 Å². The van der Waals surface area contributed by atoms with Crippen molar-refractivity contribution in [3.8, 4) is 11.1 Å². The molecule has 0 aromatic carbocycles. The molecule has 0 aliphatic carbocycles. The number of piperazine rings is 1. The van der Waals surface area contributed by atoms with Crippen LogP contribution >= 0.6 is 0 Å². The van der Waals surface area contributed by atoms with Crippen LogP contribution in [0.5, 0.6) is 0 Å². The van der Waals surface area contributed by atoms with Gasteiger partial charge in [0.25, 0.3) is 0 Å². The summed E-state index contributed by atoms with van der Waals surface area (Å²) in [7, 11) is 0. The molecule has 0 radical (unpaired) electrons. The second-order valence-corrected chi connectivity index (χ2v) is 7.85. The van der Waals surface area contributed by atoms with Gasteiger partial charge in [0.15, 0.2) is 0 Å². The third kappa shape index (κ3) is 4.02. The third-order valence-electron chi connectivity index (χ3n) is 5.32. The summed E-state index contributed by atoms with van der Waals surface area (Å²) in [5.41, 5.74) is 3.50. The van der Waals surface area contributed by atoms with Crippen LogP contribution in [0, 0.1) is 0 Å². The summed E-state index contributed by atoms with van der Waals surface area (Å²) >= 11 is 0. The Hall–Kier alpha value is -3.66. The lowest BCUT2D eigenvalue weighted by molar-refractivity contribution is 0.403. The van der Waals surface area contributed by atoms with Crippen molar-refractivity contribution >= 4 is 22.8 Å². The minimum atomic E-state index is 0.400. The Balaban J connectivity index is 1.39. The molecule has 1 aliphatic heterocycles. The van der Waals surface area contributed by atoms with Crippen molar-refractivity contribution in [3.05, 3.63) is 49.2 Å². The molecule has 0 bridgehead atoms. The monoisotopic (exact) mass is 416 g/mol. The molecule has 5 heterocycles. The maximum Gasteiger partial charge on any atom is 0.225 e. The first-order valence-electron chi connectivity index (χ1n) is 10.3. The molecule has 10 heteroatoms. The van der Waals surface area contributed by atoms with Gasteiger partial charge in [0.1, 0.15) is 24.1 Å². The molecule has 2 atom stereocenters. The predicted molar refractivity (Wildman–Crippen MR) is 119 cm³/mol. The highest BCUT2D eigenvalue weighted by atomic mass is 15.3. The summed E-state index contributed by atoms with van der Waals surface area (Å²) in [6.07, 6.45) is 10.3. The van der Waals surface area contributed by atoms with Gasteiger partial charge in [0, 0.05) is 61.1 Å². The Morgan fingerprint density at radius 3 is 2.68 bits per heavy atom. The first-order chi connectivity index (χ1) is 15.2. The summed E-state index contributed by atoms with van der Waals surface area (Å²) in [6, 6.07) is 2.72. The zero-order chi connectivity index (χ0) is 21.2. The Morgan fingerprint density at radius 1 is 1.06 bits per heavy atom. The molecule has 158 valence electrons. The number of H-pyrrole nitrogens is 1. The molecule has 5 rings (SSSR count). The molecule has 0 unspecified atom stereocenters. The van der Waals surface area contributed by atoms with Crippen LogP contribution in [0.15, 0.2) is 43.5 Å². The van der Waals surface area contributed by atoms with E-state index in [1.807, 2.05) is 18.5 Å². The molecular formula is C21H24N10. The number of nitrogens with one attached hydrogen (secondary N) is 3. The van der Waals surface area contributed by atoms with Gasteiger partial charge in [-0.15, -0.1) is 0 Å². The van der Waals surface area contributed by atoms with Crippen molar-refractivity contribution in [1.29, 1.82) is 0 Å². The van der Waals surface area contributed by atoms with Crippen molar-refractivity contribution in [3.63, 3.8) is 0 Å². The van der Waals surface area contributed by atoms with Gasteiger partial charge in [-0.3, -0.25) is 0 Å². The standard InChI is InChI=1S/C21H24N10/c1-13-9-31(10-14(2)29-13)21-24-4-3-16(30-21)7-25-19-18-17(15-5-22-11-23-6-15)8-26-20(18)28-12-27-19/h3-6,8,11-14,29H,7,9-10H2,1-2H3,(H2,25,26,27,28)/t13-,14+. The highest BCUT2D eigenvalue weighted by molar-refractivity contribution is 6.00. The number of nitrogens with zero attached hydrogens (tertiary/aromatic N) is 7. The molecule has 4 aromatic heterocycles. The smallest absolute Gasteiger partial charge is 0.225 e. The molecule has 0 spiro atoms. The van der Waals surface area contributed by atoms with Crippen LogP contribution in [0.4, 0.5) is 11.8 Å². The average Bonchev–Trinajstić information content (AvgIpc) is 3.23. The largest absolute Gasteiger partial charge is 0.364 e. The van der Waals surface area contributed by atoms with Crippen LogP contribution in [0.3, 0.4) is 0 Å². The number of anilines is 2. The Morgan fingerprint density at radius 2 is 1.87 bits per heavy atom. The van der Waals surface area contributed by atoms with E-state index in [0.29, 0.717) is 18.6 Å². The molecular weight excluding hydrogens is 392 g/mol. The van der Waals surface area contributed by atoms with E-state index >= 15 is 0 Å². The molecule has 0 amide bonds. The van der Waals surface area contributed by atoms with Gasteiger partial charge in [-0.1, -0.05) is 0 Å². The molecule has 1 saturated heterocycles. The summed E-state index contributed by atoms with van der Waals surface area (Å²) in [6.45, 7) is 6.66. The number of aromatic nitrogens is 7. The Kier molecular flexibility index (Phi) is 5.13. The molecule has 10 nitrogen and oxygen atoms in total. The molecule has 1 fully saturated rings. The van der Waals surface area contributed by atoms with Crippen molar-refractivity contribution in [2.45, 2.75) is 32.5 Å². The van der Waals surface area contributed by atoms with Gasteiger partial charge in [0.05, 0.1) is 17.6 Å². The van der Waals surface area contributed by atoms with Gasteiger partial charge >= 0.3 is 0 Å². The number of rotatable bonds is 5. The third-order valence-corrected chi connectivity index (χ3v) is 5.32. The highest BCUT2D eigenvalue weighted by Crippen LogP contribution is 2.31. The summed E-state index contributed by atoms with van der Waals surface area (Å²) in [4.78, 5) is 31.8. The van der Waals surface area contributed by atoms with Crippen LogP contribution in [-0.2, 0) is 6.54 Å². The lowest BCUT2D eigenvalue weighted by Gasteiger charge is -2.36. The first kappa shape index (κ1) is 19.3. The molecule has 1 aliphatic rings. The van der Waals surface area contributed by atoms with E-state index in [-0.39, 0.29) is 0 Å². The van der Waals surface area contributed by atoms with Crippen molar-refractivity contribution < 1.29 is 0 Å². The molecule has 3 N–H and O–H groups in total. The van der Waals surface area contributed by atoms with E-state index in [1.54, 1.807) is 18.7 Å². The average molecular weight is 416 g/mol. The Bertz CT molecular complexity index is 1170. The normalized spacial score (nSPS) is 19.0. The van der Waals surface area contributed by atoms with Gasteiger partial charge in [0.2, 0.25) is 5.95 Å². The summed E-state index contributed by atoms with van der Waals surface area (Å²) < 4.78 is 0. The van der Waals surface area contributed by atoms with E-state index in [2.05, 4.69) is 59.3 Å². The maximum absolute atomic E-state index is 4.78. The van der Waals surface area contributed by atoms with Crippen molar-refractivity contribution in [2.24, 2.45) is 0 Å². The lowest BCUT2D eigenvalue weighted by atomic mass is 10.1. The molecule has 0 saturated carbocycles. The van der Waals surface area contributed by atoms with Crippen LogP contribution in [0.25, 0.3) is 22.2 Å². The number of aromatic amines is 1. The zero-order valence-corrected chi connectivity index (χ0v) is 17.4. The van der Waals surface area contributed by atoms with Gasteiger partial charge < -0.3 is 20.5 Å². The SMILES string of the molecule is C[C@@H]1CN(c2nccc(CNc3ncnc4[nH]cc(-c5cncnc5)c34)n2)C[C@H](C)N1. The maximum atomic E-state index is 4.78. The minimum absolute atomic E-state index is 0.400. The zero-order valence-electron chi connectivity index (χ0n) is 17.4. The molecule has 4 aromatic rings. The van der Waals surface area contributed by atoms with Crippen molar-refractivity contribution in [1.82, 2.24) is 40.2 Å². The van der Waals surface area contributed by atoms with Crippen LogP contribution in [0.1, 0.15) is 19.5 Å². The Labute approximate surface area is 179 Å². The minimum Gasteiger partial charge on any atom is -0.364 e. The summed E-state index contributed by atoms with van der Waals surface area (Å²) in [5.74, 6) is 1.49. The molecule has 31 heavy (non-hydrogen) atoms. The van der Waals surface area contributed by atoms with Crippen LogP contribution in [0.2, 0.25) is 0 Å². The number of hydrogen-bond acceptors (Lipinski definition) is 9. The second kappa shape index (κ2) is 8.23. The number of hydrogen-bond donors (Lipinski definition) is 3. The summed E-state index contributed by atoms with van der Waals surface area (Å²) in [5, 5.41) is 7.85. The van der Waals surface area contributed by atoms with E-state index in [0.717, 1.165) is 52.7 Å². The fourth-order valence-electron chi connectivity index (χ4n) is 4.06. The lowest BCUT2D eigenvalue weighted by Crippen LogP contribution is -2.54. The predicted octanol–water partition coefficient (Wildman–Crippen LogP) is 2.00. The van der Waals surface area contributed by atoms with Gasteiger partial charge in [-0.05, 0) is 19.9 Å². The van der Waals surface area contributed by atoms with Crippen LogP contribution < -0.4 is 15.5 Å². The van der Waals surface area contributed by atoms with E-state index < -0.39 is 0 Å². The van der Waals surface area contributed by atoms with E-state index in [1.165, 1.54) is 6.33 Å². The van der Waals surface area contributed by atoms with Gasteiger partial charge in [-0.2, -0.15) is 0 Å². The van der Waals surface area contributed by atoms with Gasteiger partial charge in [-0.25, -0.2) is 29.9 Å². The second-order valence-electron chi connectivity index (χ2n) is 7.85. The quantitative estimate of drug-likeness (QED) is 0.448. The van der Waals surface area contributed by atoms with E-state index in [9.17, 15) is 0 Å². The van der Waals surface area contributed by atoms with E-state index in [4.69, 9.17) is 4.98 Å². The number of fused-ring (bicyclic) bond motifs is 1. The first-order valence-corrected chi connectivity index (χ1v) is 10.3. The fourth-order valence-corrected chi connectivity index (χ4v) is 4.06. The fraction of sp³-hybridized carbons (Fsp3) is 0.333. The van der Waals surface area contributed by atoms with Crippen molar-refractivity contribution in [2.75, 3.05) is 23.3 Å². The topological polar surface area (TPSA) is 120 Å².